The van der Waals surface area contributed by atoms with Crippen LogP contribution in [0.15, 0.2) is 34.5 Å². The predicted molar refractivity (Wildman–Crippen MR) is 90.3 cm³/mol. The first-order valence-corrected chi connectivity index (χ1v) is 9.85. The maximum absolute atomic E-state index is 11.6. The van der Waals surface area contributed by atoms with Gasteiger partial charge < -0.3 is 10.1 Å². The molecule has 5 nitrogen and oxygen atoms in total. The lowest BCUT2D eigenvalue weighted by Gasteiger charge is -2.03. The van der Waals surface area contributed by atoms with Gasteiger partial charge in [0.25, 0.3) is 0 Å². The van der Waals surface area contributed by atoms with E-state index in [2.05, 4.69) is 10.3 Å². The van der Waals surface area contributed by atoms with E-state index in [4.69, 9.17) is 4.74 Å². The molecule has 0 unspecified atom stereocenters. The van der Waals surface area contributed by atoms with Crippen LogP contribution in [-0.2, 0) is 14.6 Å². The van der Waals surface area contributed by atoms with Crippen molar-refractivity contribution in [2.45, 2.75) is 18.2 Å². The minimum Gasteiger partial charge on any atom is -0.382 e. The van der Waals surface area contributed by atoms with Crippen LogP contribution in [0.25, 0.3) is 11.3 Å². The van der Waals surface area contributed by atoms with Crippen LogP contribution in [0.3, 0.4) is 0 Å². The van der Waals surface area contributed by atoms with Crippen molar-refractivity contribution >= 4 is 26.3 Å². The minimum atomic E-state index is -3.20. The first-order chi connectivity index (χ1) is 10.5. The minimum absolute atomic E-state index is 0.309. The van der Waals surface area contributed by atoms with Crippen LogP contribution in [0.2, 0.25) is 0 Å². The standard InChI is InChI=1S/C15H20N2O3S2/c1-3-20-9-5-8-16-15-17-14(11-21-15)12-6-4-7-13(10-12)22(2,18)19/h4,6-7,10-11H,3,5,8-9H2,1-2H3,(H,16,17). The van der Waals surface area contributed by atoms with Gasteiger partial charge >= 0.3 is 0 Å². The number of thiazole rings is 1. The molecule has 1 N–H and O–H groups in total. The first-order valence-electron chi connectivity index (χ1n) is 7.08. The molecule has 0 aliphatic heterocycles. The number of rotatable bonds is 8. The summed E-state index contributed by atoms with van der Waals surface area (Å²) in [6.07, 6.45) is 2.13. The van der Waals surface area contributed by atoms with E-state index in [1.807, 2.05) is 18.4 Å². The van der Waals surface area contributed by atoms with Crippen LogP contribution in [0.1, 0.15) is 13.3 Å². The molecular weight excluding hydrogens is 320 g/mol. The van der Waals surface area contributed by atoms with Gasteiger partial charge in [0, 0.05) is 37.0 Å². The number of benzene rings is 1. The van der Waals surface area contributed by atoms with Gasteiger partial charge in [0.1, 0.15) is 0 Å². The largest absolute Gasteiger partial charge is 0.382 e. The van der Waals surface area contributed by atoms with Crippen LogP contribution in [0.5, 0.6) is 0 Å². The quantitative estimate of drug-likeness (QED) is 0.748. The van der Waals surface area contributed by atoms with Crippen molar-refractivity contribution in [1.82, 2.24) is 4.98 Å². The predicted octanol–water partition coefficient (Wildman–Crippen LogP) is 3.05. The molecule has 1 aromatic heterocycles. The molecule has 0 amide bonds. The third-order valence-corrected chi connectivity index (χ3v) is 4.92. The van der Waals surface area contributed by atoms with Crippen molar-refractivity contribution in [2.24, 2.45) is 0 Å². The van der Waals surface area contributed by atoms with Crippen LogP contribution in [-0.4, -0.2) is 39.4 Å². The Morgan fingerprint density at radius 3 is 2.91 bits per heavy atom. The van der Waals surface area contributed by atoms with E-state index in [0.29, 0.717) is 4.90 Å². The molecule has 1 aromatic carbocycles. The summed E-state index contributed by atoms with van der Waals surface area (Å²) in [5, 5.41) is 6.00. The van der Waals surface area contributed by atoms with Gasteiger partial charge in [0.2, 0.25) is 0 Å². The van der Waals surface area contributed by atoms with E-state index in [9.17, 15) is 8.42 Å². The van der Waals surface area contributed by atoms with Gasteiger partial charge in [-0.1, -0.05) is 12.1 Å². The zero-order chi connectivity index (χ0) is 16.0. The van der Waals surface area contributed by atoms with Crippen molar-refractivity contribution < 1.29 is 13.2 Å². The highest BCUT2D eigenvalue weighted by atomic mass is 32.2. The number of hydrogen-bond acceptors (Lipinski definition) is 6. The number of sulfone groups is 1. The molecule has 0 atom stereocenters. The summed E-state index contributed by atoms with van der Waals surface area (Å²) in [5.41, 5.74) is 1.59. The average molecular weight is 340 g/mol. The second-order valence-corrected chi connectivity index (χ2v) is 7.69. The van der Waals surface area contributed by atoms with Crippen LogP contribution in [0.4, 0.5) is 5.13 Å². The number of nitrogens with zero attached hydrogens (tertiary/aromatic N) is 1. The Morgan fingerprint density at radius 1 is 1.36 bits per heavy atom. The SMILES string of the molecule is CCOCCCNc1nc(-c2cccc(S(C)(=O)=O)c2)cs1. The normalized spacial score (nSPS) is 11.5. The topological polar surface area (TPSA) is 68.3 Å². The Morgan fingerprint density at radius 2 is 2.18 bits per heavy atom. The second-order valence-electron chi connectivity index (χ2n) is 4.82. The molecule has 0 fully saturated rings. The van der Waals surface area contributed by atoms with Gasteiger partial charge in [-0.25, -0.2) is 13.4 Å². The van der Waals surface area contributed by atoms with Gasteiger partial charge in [-0.2, -0.15) is 0 Å². The second kappa shape index (κ2) is 7.71. The highest BCUT2D eigenvalue weighted by molar-refractivity contribution is 7.90. The summed E-state index contributed by atoms with van der Waals surface area (Å²) in [6.45, 7) is 4.25. The summed E-state index contributed by atoms with van der Waals surface area (Å²) in [7, 11) is -3.20. The van der Waals surface area contributed by atoms with Crippen molar-refractivity contribution in [3.63, 3.8) is 0 Å². The van der Waals surface area contributed by atoms with Crippen LogP contribution < -0.4 is 5.32 Å². The highest BCUT2D eigenvalue weighted by Gasteiger charge is 2.10. The van der Waals surface area contributed by atoms with Crippen LogP contribution in [0, 0.1) is 0 Å². The smallest absolute Gasteiger partial charge is 0.183 e. The Labute approximate surface area is 135 Å². The van der Waals surface area contributed by atoms with Crippen molar-refractivity contribution in [1.29, 1.82) is 0 Å². The van der Waals surface area contributed by atoms with E-state index in [1.165, 1.54) is 17.6 Å². The molecule has 0 aliphatic rings. The monoisotopic (exact) mass is 340 g/mol. The molecular formula is C15H20N2O3S2. The van der Waals surface area contributed by atoms with E-state index in [0.717, 1.165) is 42.6 Å². The highest BCUT2D eigenvalue weighted by Crippen LogP contribution is 2.26. The molecule has 0 saturated carbocycles. The lowest BCUT2D eigenvalue weighted by Crippen LogP contribution is -2.05. The number of nitrogens with one attached hydrogen (secondary N) is 1. The molecule has 2 rings (SSSR count). The van der Waals surface area contributed by atoms with Gasteiger partial charge in [0.05, 0.1) is 10.6 Å². The molecule has 0 aliphatic carbocycles. The number of hydrogen-bond donors (Lipinski definition) is 1. The van der Waals surface area contributed by atoms with E-state index >= 15 is 0 Å². The Hall–Kier alpha value is -1.44. The molecule has 0 radical (unpaired) electrons. The van der Waals surface area contributed by atoms with Gasteiger partial charge in [-0.3, -0.25) is 0 Å². The molecule has 1 heterocycles. The van der Waals surface area contributed by atoms with Crippen molar-refractivity contribution in [3.05, 3.63) is 29.6 Å². The van der Waals surface area contributed by atoms with Gasteiger partial charge in [-0.05, 0) is 25.5 Å². The lowest BCUT2D eigenvalue weighted by atomic mass is 10.2. The fraction of sp³-hybridized carbons (Fsp3) is 0.400. The number of ether oxygens (including phenoxy) is 1. The van der Waals surface area contributed by atoms with Crippen LogP contribution >= 0.6 is 11.3 Å². The third-order valence-electron chi connectivity index (χ3n) is 3.01. The maximum atomic E-state index is 11.6. The Bertz CT molecular complexity index is 711. The van der Waals surface area contributed by atoms with E-state index in [1.54, 1.807) is 18.2 Å². The van der Waals surface area contributed by atoms with Crippen molar-refractivity contribution in [2.75, 3.05) is 31.3 Å². The van der Waals surface area contributed by atoms with E-state index in [-0.39, 0.29) is 0 Å². The summed E-state index contributed by atoms with van der Waals surface area (Å²) < 4.78 is 28.5. The molecule has 0 spiro atoms. The summed E-state index contributed by atoms with van der Waals surface area (Å²) >= 11 is 1.51. The lowest BCUT2D eigenvalue weighted by molar-refractivity contribution is 0.147. The average Bonchev–Trinajstić information content (AvgIpc) is 2.95. The fourth-order valence-corrected chi connectivity index (χ4v) is 3.30. The molecule has 0 saturated heterocycles. The molecule has 22 heavy (non-hydrogen) atoms. The third kappa shape index (κ3) is 4.79. The number of anilines is 1. The summed E-state index contributed by atoms with van der Waals surface area (Å²) in [4.78, 5) is 4.80. The molecule has 0 bridgehead atoms. The Kier molecular flexibility index (Phi) is 5.93. The molecule has 7 heteroatoms. The Balaban J connectivity index is 2.02. The molecule has 120 valence electrons. The maximum Gasteiger partial charge on any atom is 0.183 e. The van der Waals surface area contributed by atoms with Crippen molar-refractivity contribution in [3.8, 4) is 11.3 Å². The summed E-state index contributed by atoms with van der Waals surface area (Å²) in [6, 6.07) is 6.85. The fourth-order valence-electron chi connectivity index (χ4n) is 1.89. The zero-order valence-corrected chi connectivity index (χ0v) is 14.3. The van der Waals surface area contributed by atoms with Gasteiger partial charge in [-0.15, -0.1) is 11.3 Å². The first kappa shape index (κ1) is 16.9. The zero-order valence-electron chi connectivity index (χ0n) is 12.7. The number of aromatic nitrogens is 1. The van der Waals surface area contributed by atoms with E-state index < -0.39 is 9.84 Å². The molecule has 2 aromatic rings. The van der Waals surface area contributed by atoms with Gasteiger partial charge in [0.15, 0.2) is 15.0 Å². The summed E-state index contributed by atoms with van der Waals surface area (Å²) in [5.74, 6) is 0.